The molecule has 7 heavy (non-hydrogen) atoms. The molecular weight excluding hydrogens is 240 g/mol. The molecule has 0 nitrogen and oxygen atoms in total. The van der Waals surface area contributed by atoms with Crippen molar-refractivity contribution in [1.29, 1.82) is 0 Å². The van der Waals surface area contributed by atoms with Crippen molar-refractivity contribution in [3.8, 4) is 0 Å². The molecule has 0 heterocycles. The highest BCUT2D eigenvalue weighted by Gasteiger charge is 1.81. The maximum Gasteiger partial charge on any atom is 0.0122 e. The van der Waals surface area contributed by atoms with E-state index in [0.29, 0.717) is 0 Å². The van der Waals surface area contributed by atoms with Crippen molar-refractivity contribution >= 4 is 43.6 Å². The minimum atomic E-state index is 1.12. The number of hydrogen-bond acceptors (Lipinski definition) is 1. The molecule has 0 fully saturated rings. The van der Waals surface area contributed by atoms with E-state index in [1.807, 2.05) is 11.8 Å². The normalized spacial score (nSPS) is 9.43. The average molecular weight is 248 g/mol. The molecule has 3 heteroatoms. The number of halogens is 2. The maximum absolute atomic E-state index is 3.34. The third kappa shape index (κ3) is 7.31. The van der Waals surface area contributed by atoms with Gasteiger partial charge in [0.05, 0.1) is 0 Å². The summed E-state index contributed by atoms with van der Waals surface area (Å²) in [5.41, 5.74) is 0. The summed E-state index contributed by atoms with van der Waals surface area (Å²) in [6.07, 6.45) is 0. The average Bonchev–Trinajstić information content (AvgIpc) is 1.69. The van der Waals surface area contributed by atoms with Crippen LogP contribution in [0.1, 0.15) is 0 Å². The van der Waals surface area contributed by atoms with E-state index in [4.69, 9.17) is 0 Å². The van der Waals surface area contributed by atoms with Gasteiger partial charge in [-0.25, -0.2) is 0 Å². The van der Waals surface area contributed by atoms with Crippen molar-refractivity contribution in [1.82, 2.24) is 0 Å². The molecule has 0 saturated carbocycles. The third-order valence-corrected chi connectivity index (χ3v) is 3.27. The Kier molecular flexibility index (Phi) is 8.68. The second kappa shape index (κ2) is 7.31. The molecule has 44 valence electrons. The summed E-state index contributed by atoms with van der Waals surface area (Å²) >= 11 is 8.65. The fourth-order valence-corrected chi connectivity index (χ4v) is 2.01. The zero-order valence-corrected chi connectivity index (χ0v) is 7.98. The molecule has 0 aliphatic carbocycles. The fraction of sp³-hybridized carbons (Fsp3) is 1.00. The van der Waals surface area contributed by atoms with E-state index in [9.17, 15) is 0 Å². The number of alkyl halides is 2. The lowest BCUT2D eigenvalue weighted by molar-refractivity contribution is 1.52. The van der Waals surface area contributed by atoms with Gasteiger partial charge in [-0.05, 0) is 0 Å². The van der Waals surface area contributed by atoms with Crippen molar-refractivity contribution in [3.63, 3.8) is 0 Å². The Labute approximate surface area is 65.7 Å². The van der Waals surface area contributed by atoms with E-state index in [2.05, 4.69) is 31.9 Å². The predicted molar refractivity (Wildman–Crippen MR) is 44.9 cm³/mol. The number of hydrogen-bond donors (Lipinski definition) is 0. The summed E-state index contributed by atoms with van der Waals surface area (Å²) < 4.78 is 0. The first-order valence-corrected chi connectivity index (χ1v) is 5.51. The minimum absolute atomic E-state index is 1.12. The van der Waals surface area contributed by atoms with Crippen LogP contribution in [0.5, 0.6) is 0 Å². The summed E-state index contributed by atoms with van der Waals surface area (Å²) in [6, 6.07) is 0. The molecule has 0 N–H and O–H groups in total. The Balaban J connectivity index is 2.45. The summed E-state index contributed by atoms with van der Waals surface area (Å²) in [5, 5.41) is 2.23. The van der Waals surface area contributed by atoms with E-state index in [1.54, 1.807) is 0 Å². The molecule has 0 unspecified atom stereocenters. The van der Waals surface area contributed by atoms with Gasteiger partial charge in [-0.3, -0.25) is 0 Å². The molecule has 0 aromatic carbocycles. The summed E-state index contributed by atoms with van der Waals surface area (Å²) in [6.45, 7) is 0. The maximum atomic E-state index is 3.34. The lowest BCUT2D eigenvalue weighted by Crippen LogP contribution is -1.82. The number of thioether (sulfide) groups is 1. The Morgan fingerprint density at radius 1 is 1.00 bits per heavy atom. The third-order valence-electron chi connectivity index (χ3n) is 0.443. The van der Waals surface area contributed by atoms with Gasteiger partial charge < -0.3 is 0 Å². The van der Waals surface area contributed by atoms with Crippen molar-refractivity contribution < 1.29 is 0 Å². The van der Waals surface area contributed by atoms with Crippen LogP contribution in [0.3, 0.4) is 0 Å². The Morgan fingerprint density at radius 3 is 1.71 bits per heavy atom. The largest absolute Gasteiger partial charge is 0.160 e. The van der Waals surface area contributed by atoms with Crippen LogP contribution in [0.2, 0.25) is 0 Å². The van der Waals surface area contributed by atoms with Gasteiger partial charge in [-0.1, -0.05) is 31.9 Å². The SMILES string of the molecule is BrCCSCCBr. The standard InChI is InChI=1S/C4H8Br2S/c5-1-3-7-4-2-6/h1-4H2. The molecule has 0 bridgehead atoms. The summed E-state index contributed by atoms with van der Waals surface area (Å²) in [4.78, 5) is 0. The van der Waals surface area contributed by atoms with Crippen LogP contribution in [0.25, 0.3) is 0 Å². The highest BCUT2D eigenvalue weighted by atomic mass is 79.9. The number of rotatable bonds is 4. The van der Waals surface area contributed by atoms with Gasteiger partial charge in [0.25, 0.3) is 0 Å². The van der Waals surface area contributed by atoms with Crippen molar-refractivity contribution in [2.45, 2.75) is 0 Å². The van der Waals surface area contributed by atoms with E-state index in [1.165, 1.54) is 11.5 Å². The van der Waals surface area contributed by atoms with Crippen LogP contribution in [-0.4, -0.2) is 22.2 Å². The van der Waals surface area contributed by atoms with Gasteiger partial charge in [0.15, 0.2) is 0 Å². The van der Waals surface area contributed by atoms with Crippen LogP contribution >= 0.6 is 43.6 Å². The van der Waals surface area contributed by atoms with Gasteiger partial charge in [0.1, 0.15) is 0 Å². The van der Waals surface area contributed by atoms with Gasteiger partial charge in [0.2, 0.25) is 0 Å². The molecule has 0 aliphatic rings. The van der Waals surface area contributed by atoms with Crippen molar-refractivity contribution in [3.05, 3.63) is 0 Å². The fourth-order valence-electron chi connectivity index (χ4n) is 0.211. The van der Waals surface area contributed by atoms with E-state index in [0.717, 1.165) is 10.7 Å². The first-order chi connectivity index (χ1) is 3.41. The van der Waals surface area contributed by atoms with Crippen LogP contribution in [0, 0.1) is 0 Å². The quantitative estimate of drug-likeness (QED) is 0.544. The molecule has 0 aliphatic heterocycles. The smallest absolute Gasteiger partial charge is 0.0122 e. The zero-order chi connectivity index (χ0) is 5.54. The van der Waals surface area contributed by atoms with Gasteiger partial charge >= 0.3 is 0 Å². The molecular formula is C4H8Br2S. The van der Waals surface area contributed by atoms with Crippen LogP contribution < -0.4 is 0 Å². The topological polar surface area (TPSA) is 0 Å². The first-order valence-electron chi connectivity index (χ1n) is 2.11. The monoisotopic (exact) mass is 246 g/mol. The Bertz CT molecular complexity index is 28.9. The molecule has 0 amide bonds. The van der Waals surface area contributed by atoms with Crippen LogP contribution in [-0.2, 0) is 0 Å². The van der Waals surface area contributed by atoms with E-state index >= 15 is 0 Å². The highest BCUT2D eigenvalue weighted by Crippen LogP contribution is 2.01. The van der Waals surface area contributed by atoms with Gasteiger partial charge in [0, 0.05) is 22.2 Å². The Morgan fingerprint density at radius 2 is 1.43 bits per heavy atom. The first kappa shape index (κ1) is 8.31. The molecule has 0 aromatic rings. The minimum Gasteiger partial charge on any atom is -0.160 e. The van der Waals surface area contributed by atoms with E-state index in [-0.39, 0.29) is 0 Å². The molecule has 0 atom stereocenters. The molecule has 0 saturated heterocycles. The summed E-state index contributed by atoms with van der Waals surface area (Å²) in [5.74, 6) is 2.46. The van der Waals surface area contributed by atoms with Crippen molar-refractivity contribution in [2.24, 2.45) is 0 Å². The van der Waals surface area contributed by atoms with Gasteiger partial charge in [-0.2, -0.15) is 11.8 Å². The Hall–Kier alpha value is 1.31. The van der Waals surface area contributed by atoms with Crippen molar-refractivity contribution in [2.75, 3.05) is 22.2 Å². The van der Waals surface area contributed by atoms with Crippen LogP contribution in [0.4, 0.5) is 0 Å². The molecule has 0 radical (unpaired) electrons. The lowest BCUT2D eigenvalue weighted by atomic mass is 11.0. The highest BCUT2D eigenvalue weighted by molar-refractivity contribution is 9.09. The molecule has 0 rings (SSSR count). The summed E-state index contributed by atoms with van der Waals surface area (Å²) in [7, 11) is 0. The zero-order valence-electron chi connectivity index (χ0n) is 3.99. The molecule has 0 aromatic heterocycles. The second-order valence-electron chi connectivity index (χ2n) is 0.990. The van der Waals surface area contributed by atoms with E-state index < -0.39 is 0 Å². The van der Waals surface area contributed by atoms with Crippen LogP contribution in [0.15, 0.2) is 0 Å². The molecule has 0 spiro atoms. The lowest BCUT2D eigenvalue weighted by Gasteiger charge is -1.89. The van der Waals surface area contributed by atoms with Gasteiger partial charge in [-0.15, -0.1) is 0 Å². The second-order valence-corrected chi connectivity index (χ2v) is 3.80. The predicted octanol–water partition coefficient (Wildman–Crippen LogP) is 2.51.